The zero-order chi connectivity index (χ0) is 15.8. The lowest BCUT2D eigenvalue weighted by molar-refractivity contribution is -0.144. The minimum atomic E-state index is -0.657. The van der Waals surface area contributed by atoms with Crippen LogP contribution in [0, 0.1) is 0 Å². The summed E-state index contributed by atoms with van der Waals surface area (Å²) in [6.45, 7) is 4.03. The van der Waals surface area contributed by atoms with Crippen LogP contribution >= 0.6 is 11.6 Å². The van der Waals surface area contributed by atoms with Gasteiger partial charge in [-0.3, -0.25) is 9.59 Å². The molecule has 0 heterocycles. The molecule has 0 saturated carbocycles. The van der Waals surface area contributed by atoms with Crippen molar-refractivity contribution in [1.29, 1.82) is 0 Å². The van der Waals surface area contributed by atoms with Crippen molar-refractivity contribution >= 4 is 23.5 Å². The second-order valence-corrected chi connectivity index (χ2v) is 4.97. The summed E-state index contributed by atoms with van der Waals surface area (Å²) in [5.74, 6) is 0.00183. The van der Waals surface area contributed by atoms with E-state index in [2.05, 4.69) is 0 Å². The van der Waals surface area contributed by atoms with Crippen molar-refractivity contribution < 1.29 is 19.1 Å². The second kappa shape index (κ2) is 8.52. The summed E-state index contributed by atoms with van der Waals surface area (Å²) < 4.78 is 10.4. The highest BCUT2D eigenvalue weighted by atomic mass is 35.5. The first-order valence-corrected chi connectivity index (χ1v) is 7.14. The Morgan fingerprint density at radius 3 is 2.71 bits per heavy atom. The number of rotatable bonds is 7. The van der Waals surface area contributed by atoms with Gasteiger partial charge in [0.1, 0.15) is 5.75 Å². The number of ether oxygens (including phenoxy) is 2. The fraction of sp³-hybridized carbons (Fsp3) is 0.467. The van der Waals surface area contributed by atoms with Crippen LogP contribution in [0.15, 0.2) is 24.3 Å². The summed E-state index contributed by atoms with van der Waals surface area (Å²) in [6.07, 6.45) is -0.490. The molecule has 0 aliphatic carbocycles. The van der Waals surface area contributed by atoms with Gasteiger partial charge in [0.25, 0.3) is 5.91 Å². The smallest absolute Gasteiger partial charge is 0.307 e. The highest BCUT2D eigenvalue weighted by Crippen LogP contribution is 2.18. The van der Waals surface area contributed by atoms with Gasteiger partial charge in [0.2, 0.25) is 0 Å². The van der Waals surface area contributed by atoms with E-state index in [0.29, 0.717) is 23.9 Å². The van der Waals surface area contributed by atoms with Crippen LogP contribution in [-0.2, 0) is 14.3 Å². The maximum Gasteiger partial charge on any atom is 0.307 e. The molecular formula is C15H20ClNO4. The number of carbonyl (C=O) groups excluding carboxylic acids is 2. The second-order valence-electron chi connectivity index (χ2n) is 4.53. The Balaban J connectivity index is 2.47. The molecule has 1 amide bonds. The lowest BCUT2D eigenvalue weighted by Crippen LogP contribution is -2.39. The van der Waals surface area contributed by atoms with Crippen molar-refractivity contribution in [3.63, 3.8) is 0 Å². The normalized spacial score (nSPS) is 11.6. The first-order chi connectivity index (χ1) is 9.93. The lowest BCUT2D eigenvalue weighted by atomic mass is 10.3. The molecule has 1 unspecified atom stereocenters. The predicted molar refractivity (Wildman–Crippen MR) is 80.4 cm³/mol. The minimum Gasteiger partial charge on any atom is -0.481 e. The highest BCUT2D eigenvalue weighted by Gasteiger charge is 2.20. The zero-order valence-electron chi connectivity index (χ0n) is 12.5. The molecule has 0 radical (unpaired) electrons. The molecule has 6 heteroatoms. The number of nitrogens with zero attached hydrogens (tertiary/aromatic N) is 1. The van der Waals surface area contributed by atoms with Crippen LogP contribution < -0.4 is 4.74 Å². The molecule has 21 heavy (non-hydrogen) atoms. The SMILES string of the molecule is CCOC(=O)CCN(C)C(=O)C(C)Oc1cccc(Cl)c1. The Labute approximate surface area is 129 Å². The van der Waals surface area contributed by atoms with Crippen molar-refractivity contribution in [1.82, 2.24) is 4.90 Å². The van der Waals surface area contributed by atoms with Gasteiger partial charge < -0.3 is 14.4 Å². The van der Waals surface area contributed by atoms with Gasteiger partial charge in [-0.2, -0.15) is 0 Å². The van der Waals surface area contributed by atoms with Crippen molar-refractivity contribution in [3.05, 3.63) is 29.3 Å². The van der Waals surface area contributed by atoms with Crippen LogP contribution in [0.5, 0.6) is 5.75 Å². The number of carbonyl (C=O) groups is 2. The molecule has 1 rings (SSSR count). The van der Waals surface area contributed by atoms with E-state index in [1.165, 1.54) is 4.90 Å². The number of amides is 1. The third-order valence-corrected chi connectivity index (χ3v) is 3.02. The molecule has 1 atom stereocenters. The molecule has 0 bridgehead atoms. The van der Waals surface area contributed by atoms with Crippen molar-refractivity contribution in [3.8, 4) is 5.75 Å². The van der Waals surface area contributed by atoms with Gasteiger partial charge in [-0.1, -0.05) is 17.7 Å². The summed E-state index contributed by atoms with van der Waals surface area (Å²) in [4.78, 5) is 24.8. The van der Waals surface area contributed by atoms with E-state index in [9.17, 15) is 9.59 Å². The van der Waals surface area contributed by atoms with E-state index in [4.69, 9.17) is 21.1 Å². The average Bonchev–Trinajstić information content (AvgIpc) is 2.44. The number of likely N-dealkylation sites (N-methyl/N-ethyl adjacent to an activating group) is 1. The van der Waals surface area contributed by atoms with Gasteiger partial charge in [-0.25, -0.2) is 0 Å². The Kier molecular flexibility index (Phi) is 7.02. The summed E-state index contributed by atoms with van der Waals surface area (Å²) >= 11 is 5.86. The van der Waals surface area contributed by atoms with Crippen LogP contribution in [0.2, 0.25) is 5.02 Å². The summed E-state index contributed by atoms with van der Waals surface area (Å²) in [6, 6.07) is 6.85. The van der Waals surface area contributed by atoms with Gasteiger partial charge >= 0.3 is 5.97 Å². The van der Waals surface area contributed by atoms with E-state index in [0.717, 1.165) is 0 Å². The van der Waals surface area contributed by atoms with Crippen LogP contribution in [0.4, 0.5) is 0 Å². The lowest BCUT2D eigenvalue weighted by Gasteiger charge is -2.21. The topological polar surface area (TPSA) is 55.8 Å². The molecule has 116 valence electrons. The van der Waals surface area contributed by atoms with Crippen LogP contribution in [0.1, 0.15) is 20.3 Å². The van der Waals surface area contributed by atoms with E-state index in [-0.39, 0.29) is 18.3 Å². The molecule has 0 N–H and O–H groups in total. The first kappa shape index (κ1) is 17.3. The summed E-state index contributed by atoms with van der Waals surface area (Å²) in [7, 11) is 1.62. The van der Waals surface area contributed by atoms with E-state index < -0.39 is 6.10 Å². The number of hydrogen-bond acceptors (Lipinski definition) is 4. The molecular weight excluding hydrogens is 294 g/mol. The van der Waals surface area contributed by atoms with Gasteiger partial charge in [0.15, 0.2) is 6.10 Å². The molecule has 0 spiro atoms. The molecule has 1 aromatic rings. The van der Waals surface area contributed by atoms with E-state index in [1.807, 2.05) is 0 Å². The Morgan fingerprint density at radius 2 is 2.10 bits per heavy atom. The fourth-order valence-electron chi connectivity index (χ4n) is 1.71. The fourth-order valence-corrected chi connectivity index (χ4v) is 1.89. The van der Waals surface area contributed by atoms with Crippen LogP contribution in [-0.4, -0.2) is 43.1 Å². The largest absolute Gasteiger partial charge is 0.481 e. The maximum absolute atomic E-state index is 12.1. The number of halogens is 1. The molecule has 0 aliphatic heterocycles. The predicted octanol–water partition coefficient (Wildman–Crippen LogP) is 2.52. The Hall–Kier alpha value is -1.75. The molecule has 0 saturated heterocycles. The molecule has 0 aromatic heterocycles. The third kappa shape index (κ3) is 6.04. The number of hydrogen-bond donors (Lipinski definition) is 0. The van der Waals surface area contributed by atoms with Crippen LogP contribution in [0.3, 0.4) is 0 Å². The summed E-state index contributed by atoms with van der Waals surface area (Å²) in [5.41, 5.74) is 0. The maximum atomic E-state index is 12.1. The van der Waals surface area contributed by atoms with Crippen LogP contribution in [0.25, 0.3) is 0 Å². The molecule has 5 nitrogen and oxygen atoms in total. The highest BCUT2D eigenvalue weighted by molar-refractivity contribution is 6.30. The monoisotopic (exact) mass is 313 g/mol. The molecule has 0 aliphatic rings. The Morgan fingerprint density at radius 1 is 1.38 bits per heavy atom. The van der Waals surface area contributed by atoms with Gasteiger partial charge in [-0.05, 0) is 32.0 Å². The van der Waals surface area contributed by atoms with E-state index in [1.54, 1.807) is 45.2 Å². The van der Waals surface area contributed by atoms with Gasteiger partial charge in [0, 0.05) is 18.6 Å². The van der Waals surface area contributed by atoms with Gasteiger partial charge in [0.05, 0.1) is 13.0 Å². The number of esters is 1. The third-order valence-electron chi connectivity index (χ3n) is 2.79. The van der Waals surface area contributed by atoms with Crippen molar-refractivity contribution in [2.45, 2.75) is 26.4 Å². The zero-order valence-corrected chi connectivity index (χ0v) is 13.2. The summed E-state index contributed by atoms with van der Waals surface area (Å²) in [5, 5.41) is 0.544. The van der Waals surface area contributed by atoms with Gasteiger partial charge in [-0.15, -0.1) is 0 Å². The average molecular weight is 314 g/mol. The Bertz CT molecular complexity index is 492. The molecule has 0 fully saturated rings. The molecule has 1 aromatic carbocycles. The van der Waals surface area contributed by atoms with Crippen molar-refractivity contribution in [2.75, 3.05) is 20.2 Å². The van der Waals surface area contributed by atoms with Crippen molar-refractivity contribution in [2.24, 2.45) is 0 Å². The first-order valence-electron chi connectivity index (χ1n) is 6.76. The number of benzene rings is 1. The minimum absolute atomic E-state index is 0.167. The van der Waals surface area contributed by atoms with E-state index >= 15 is 0 Å². The quantitative estimate of drug-likeness (QED) is 0.726. The standard InChI is InChI=1S/C15H20ClNO4/c1-4-20-14(18)8-9-17(3)15(19)11(2)21-13-7-5-6-12(16)10-13/h5-7,10-11H,4,8-9H2,1-3H3.